The number of ether oxygens (including phenoxy) is 1. The lowest BCUT2D eigenvalue weighted by Gasteiger charge is -2.30. The molecule has 0 spiro atoms. The van der Waals surface area contributed by atoms with Crippen LogP contribution in [-0.2, 0) is 14.3 Å². The molecule has 1 amide bonds. The standard InChI is InChI=1S/C15H13ClN2O3S/c1-21-15(20)12-11(8-3-5-9(16)6-4-8)10(7-17)14(22-2)18-13(12)19/h3-6,11-12H,1-2H3,(H,18,19)/t11-,12-/m1/s1. The van der Waals surface area contributed by atoms with Crippen LogP contribution in [0.15, 0.2) is 34.9 Å². The van der Waals surface area contributed by atoms with Gasteiger partial charge in [-0.1, -0.05) is 23.7 Å². The molecular formula is C15H13ClN2O3S. The third-order valence-corrected chi connectivity index (χ3v) is 4.40. The molecule has 0 unspecified atom stereocenters. The van der Waals surface area contributed by atoms with E-state index in [0.717, 1.165) is 0 Å². The van der Waals surface area contributed by atoms with Gasteiger partial charge in [-0.05, 0) is 24.0 Å². The first-order chi connectivity index (χ1) is 10.5. The Labute approximate surface area is 137 Å². The lowest BCUT2D eigenvalue weighted by Crippen LogP contribution is -2.44. The highest BCUT2D eigenvalue weighted by atomic mass is 35.5. The third kappa shape index (κ3) is 2.96. The average molecular weight is 337 g/mol. The SMILES string of the molecule is COC(=O)[C@H]1C(=O)NC(SC)=C(C#N)[C@H]1c1ccc(Cl)cc1. The molecule has 1 aromatic rings. The zero-order chi connectivity index (χ0) is 16.3. The molecule has 7 heteroatoms. The number of amides is 1. The van der Waals surface area contributed by atoms with Crippen LogP contribution >= 0.6 is 23.4 Å². The van der Waals surface area contributed by atoms with Crippen LogP contribution in [0.25, 0.3) is 0 Å². The minimum Gasteiger partial charge on any atom is -0.468 e. The summed E-state index contributed by atoms with van der Waals surface area (Å²) < 4.78 is 4.73. The van der Waals surface area contributed by atoms with Crippen molar-refractivity contribution < 1.29 is 14.3 Å². The maximum Gasteiger partial charge on any atom is 0.319 e. The summed E-state index contributed by atoms with van der Waals surface area (Å²) in [5.41, 5.74) is 1.00. The van der Waals surface area contributed by atoms with Gasteiger partial charge in [-0.25, -0.2) is 0 Å². The molecular weight excluding hydrogens is 324 g/mol. The zero-order valence-electron chi connectivity index (χ0n) is 11.9. The number of halogens is 1. The van der Waals surface area contributed by atoms with Gasteiger partial charge in [0, 0.05) is 10.9 Å². The van der Waals surface area contributed by atoms with Crippen molar-refractivity contribution in [1.82, 2.24) is 5.32 Å². The highest BCUT2D eigenvalue weighted by molar-refractivity contribution is 8.02. The second-order valence-corrected chi connectivity index (χ2v) is 5.83. The number of rotatable bonds is 3. The number of benzene rings is 1. The maximum absolute atomic E-state index is 12.3. The van der Waals surface area contributed by atoms with E-state index in [0.29, 0.717) is 21.2 Å². The number of hydrogen-bond acceptors (Lipinski definition) is 5. The first-order valence-corrected chi connectivity index (χ1v) is 7.96. The van der Waals surface area contributed by atoms with Crippen molar-refractivity contribution in [2.75, 3.05) is 13.4 Å². The van der Waals surface area contributed by atoms with Crippen molar-refractivity contribution >= 4 is 35.2 Å². The summed E-state index contributed by atoms with van der Waals surface area (Å²) in [6.45, 7) is 0. The molecule has 0 saturated heterocycles. The van der Waals surface area contributed by atoms with Gasteiger partial charge in [-0.3, -0.25) is 9.59 Å². The largest absolute Gasteiger partial charge is 0.468 e. The van der Waals surface area contributed by atoms with E-state index in [9.17, 15) is 14.9 Å². The Hall–Kier alpha value is -1.97. The topological polar surface area (TPSA) is 79.2 Å². The Morgan fingerprint density at radius 3 is 2.55 bits per heavy atom. The average Bonchev–Trinajstić information content (AvgIpc) is 2.53. The Kier molecular flexibility index (Phi) is 5.11. The summed E-state index contributed by atoms with van der Waals surface area (Å²) in [5.74, 6) is -2.94. The summed E-state index contributed by atoms with van der Waals surface area (Å²) in [6, 6.07) is 8.83. The fourth-order valence-electron chi connectivity index (χ4n) is 2.40. The van der Waals surface area contributed by atoms with E-state index in [4.69, 9.17) is 16.3 Å². The minimum atomic E-state index is -1.10. The fourth-order valence-corrected chi connectivity index (χ4v) is 3.12. The van der Waals surface area contributed by atoms with Crippen LogP contribution in [0.2, 0.25) is 5.02 Å². The van der Waals surface area contributed by atoms with Crippen molar-refractivity contribution in [2.24, 2.45) is 5.92 Å². The molecule has 22 heavy (non-hydrogen) atoms. The Bertz CT molecular complexity index is 679. The normalized spacial score (nSPS) is 21.1. The first-order valence-electron chi connectivity index (χ1n) is 6.35. The summed E-state index contributed by atoms with van der Waals surface area (Å²) >= 11 is 7.13. The van der Waals surface area contributed by atoms with Gasteiger partial charge in [-0.2, -0.15) is 5.26 Å². The number of nitrogens with zero attached hydrogens (tertiary/aromatic N) is 1. The molecule has 0 aliphatic carbocycles. The lowest BCUT2D eigenvalue weighted by molar-refractivity contribution is -0.150. The van der Waals surface area contributed by atoms with E-state index in [-0.39, 0.29) is 0 Å². The number of hydrogen-bond donors (Lipinski definition) is 1. The Morgan fingerprint density at radius 1 is 1.41 bits per heavy atom. The molecule has 1 aliphatic heterocycles. The van der Waals surface area contributed by atoms with Crippen molar-refractivity contribution in [1.29, 1.82) is 5.26 Å². The van der Waals surface area contributed by atoms with E-state index >= 15 is 0 Å². The summed E-state index contributed by atoms with van der Waals surface area (Å²) in [4.78, 5) is 24.3. The van der Waals surface area contributed by atoms with E-state index < -0.39 is 23.7 Å². The number of thioether (sulfide) groups is 1. The molecule has 5 nitrogen and oxygen atoms in total. The predicted molar refractivity (Wildman–Crippen MR) is 84.0 cm³/mol. The van der Waals surface area contributed by atoms with Crippen molar-refractivity contribution in [3.05, 3.63) is 45.5 Å². The zero-order valence-corrected chi connectivity index (χ0v) is 13.5. The number of nitriles is 1. The van der Waals surface area contributed by atoms with E-state index in [1.54, 1.807) is 30.5 Å². The van der Waals surface area contributed by atoms with Crippen LogP contribution in [0.1, 0.15) is 11.5 Å². The van der Waals surface area contributed by atoms with Gasteiger partial charge in [0.15, 0.2) is 0 Å². The maximum atomic E-state index is 12.3. The van der Waals surface area contributed by atoms with Crippen LogP contribution in [0.5, 0.6) is 0 Å². The van der Waals surface area contributed by atoms with Gasteiger partial charge in [-0.15, -0.1) is 11.8 Å². The van der Waals surface area contributed by atoms with Gasteiger partial charge in [0.05, 0.1) is 23.8 Å². The quantitative estimate of drug-likeness (QED) is 0.677. The van der Waals surface area contributed by atoms with Gasteiger partial charge >= 0.3 is 5.97 Å². The van der Waals surface area contributed by atoms with Crippen LogP contribution in [0, 0.1) is 17.2 Å². The molecule has 1 aromatic carbocycles. The van der Waals surface area contributed by atoms with Crippen molar-refractivity contribution in [3.63, 3.8) is 0 Å². The molecule has 1 N–H and O–H groups in total. The molecule has 0 bridgehead atoms. The van der Waals surface area contributed by atoms with Crippen LogP contribution in [0.3, 0.4) is 0 Å². The number of esters is 1. The first kappa shape index (κ1) is 16.4. The molecule has 2 rings (SSSR count). The van der Waals surface area contributed by atoms with Crippen molar-refractivity contribution in [3.8, 4) is 6.07 Å². The highest BCUT2D eigenvalue weighted by Crippen LogP contribution is 2.39. The van der Waals surface area contributed by atoms with Gasteiger partial charge < -0.3 is 10.1 Å². The second kappa shape index (κ2) is 6.86. The third-order valence-electron chi connectivity index (χ3n) is 3.42. The number of carbonyl (C=O) groups is 2. The summed E-state index contributed by atoms with van der Waals surface area (Å²) in [7, 11) is 1.22. The van der Waals surface area contributed by atoms with E-state index in [1.807, 2.05) is 0 Å². The van der Waals surface area contributed by atoms with Crippen molar-refractivity contribution in [2.45, 2.75) is 5.92 Å². The highest BCUT2D eigenvalue weighted by Gasteiger charge is 2.44. The number of allylic oxidation sites excluding steroid dienone is 1. The molecule has 1 aliphatic rings. The Morgan fingerprint density at radius 2 is 2.05 bits per heavy atom. The van der Waals surface area contributed by atoms with Gasteiger partial charge in [0.1, 0.15) is 5.92 Å². The molecule has 0 radical (unpaired) electrons. The summed E-state index contributed by atoms with van der Waals surface area (Å²) in [6.07, 6.45) is 1.75. The van der Waals surface area contributed by atoms with Gasteiger partial charge in [0.2, 0.25) is 5.91 Å². The summed E-state index contributed by atoms with van der Waals surface area (Å²) in [5, 5.41) is 13.1. The number of carbonyl (C=O) groups excluding carboxylic acids is 2. The molecule has 114 valence electrons. The second-order valence-electron chi connectivity index (χ2n) is 4.58. The van der Waals surface area contributed by atoms with Crippen LogP contribution in [0.4, 0.5) is 0 Å². The Balaban J connectivity index is 2.62. The predicted octanol–water partition coefficient (Wildman–Crippen LogP) is 2.44. The fraction of sp³-hybridized carbons (Fsp3) is 0.267. The minimum absolute atomic E-state index is 0.338. The smallest absolute Gasteiger partial charge is 0.319 e. The van der Waals surface area contributed by atoms with Gasteiger partial charge in [0.25, 0.3) is 0 Å². The number of methoxy groups -OCH3 is 1. The molecule has 0 fully saturated rings. The van der Waals surface area contributed by atoms with E-state index in [2.05, 4.69) is 11.4 Å². The monoisotopic (exact) mass is 336 g/mol. The molecule has 0 aromatic heterocycles. The number of nitrogens with one attached hydrogen (secondary N) is 1. The molecule has 0 saturated carbocycles. The van der Waals surface area contributed by atoms with E-state index in [1.165, 1.54) is 18.9 Å². The van der Waals surface area contributed by atoms with Crippen LogP contribution in [-0.4, -0.2) is 25.2 Å². The molecule has 2 atom stereocenters. The lowest BCUT2D eigenvalue weighted by atomic mass is 9.78. The molecule has 1 heterocycles. The van der Waals surface area contributed by atoms with Crippen LogP contribution < -0.4 is 5.32 Å².